The summed E-state index contributed by atoms with van der Waals surface area (Å²) in [5.41, 5.74) is 1.20. The van der Waals surface area contributed by atoms with Crippen molar-refractivity contribution in [2.75, 3.05) is 7.11 Å². The first-order valence-corrected chi connectivity index (χ1v) is 7.72. The van der Waals surface area contributed by atoms with E-state index in [0.717, 1.165) is 0 Å². The number of methoxy groups -OCH3 is 1. The molecule has 0 aliphatic carbocycles. The number of hydrogen-bond acceptors (Lipinski definition) is 3. The highest BCUT2D eigenvalue weighted by Gasteiger charge is 2.11. The third-order valence-electron chi connectivity index (χ3n) is 3.64. The lowest BCUT2D eigenvalue weighted by Crippen LogP contribution is -2.23. The van der Waals surface area contributed by atoms with Gasteiger partial charge in [-0.3, -0.25) is 4.79 Å². The minimum Gasteiger partial charge on any atom is -0.496 e. The van der Waals surface area contributed by atoms with Crippen molar-refractivity contribution in [1.82, 2.24) is 9.78 Å². The van der Waals surface area contributed by atoms with Crippen LogP contribution in [0.2, 0.25) is 5.02 Å². The van der Waals surface area contributed by atoms with E-state index >= 15 is 0 Å². The summed E-state index contributed by atoms with van der Waals surface area (Å²) in [6.07, 6.45) is 0. The van der Waals surface area contributed by atoms with Crippen LogP contribution in [0.25, 0.3) is 11.3 Å². The normalized spacial score (nSPS) is 10.7. The molecular weight excluding hydrogens is 350 g/mol. The summed E-state index contributed by atoms with van der Waals surface area (Å²) in [5, 5.41) is 4.50. The van der Waals surface area contributed by atoms with Gasteiger partial charge in [-0.15, -0.1) is 0 Å². The molecule has 0 amide bonds. The van der Waals surface area contributed by atoms with Crippen LogP contribution in [0.4, 0.5) is 8.78 Å². The highest BCUT2D eigenvalue weighted by molar-refractivity contribution is 6.31. The smallest absolute Gasteiger partial charge is 0.267 e. The van der Waals surface area contributed by atoms with Crippen LogP contribution in [0, 0.1) is 11.6 Å². The SMILES string of the molecule is COc1cc(F)ccc1-c1ccc(=O)n(Cc2ccc(F)cc2Cl)n1. The molecule has 3 rings (SSSR count). The zero-order chi connectivity index (χ0) is 18.0. The molecule has 0 aliphatic rings. The molecule has 0 fully saturated rings. The molecule has 1 aromatic heterocycles. The maximum atomic E-state index is 13.4. The quantitative estimate of drug-likeness (QED) is 0.707. The van der Waals surface area contributed by atoms with Crippen LogP contribution in [0.5, 0.6) is 5.75 Å². The van der Waals surface area contributed by atoms with E-state index < -0.39 is 11.6 Å². The lowest BCUT2D eigenvalue weighted by Gasteiger charge is -2.11. The molecule has 1 heterocycles. The van der Waals surface area contributed by atoms with Crippen molar-refractivity contribution in [3.8, 4) is 17.0 Å². The van der Waals surface area contributed by atoms with Gasteiger partial charge in [0.15, 0.2) is 0 Å². The molecule has 3 aromatic rings. The summed E-state index contributed by atoms with van der Waals surface area (Å²) in [7, 11) is 1.42. The van der Waals surface area contributed by atoms with Gasteiger partial charge in [0.05, 0.1) is 19.3 Å². The predicted octanol–water partition coefficient (Wildman–Crippen LogP) is 3.90. The second-order valence-electron chi connectivity index (χ2n) is 5.29. The van der Waals surface area contributed by atoms with Gasteiger partial charge in [0.1, 0.15) is 17.4 Å². The summed E-state index contributed by atoms with van der Waals surface area (Å²) < 4.78 is 32.9. The first-order valence-electron chi connectivity index (χ1n) is 7.34. The molecule has 0 atom stereocenters. The molecular formula is C18H13ClF2N2O2. The molecule has 2 aromatic carbocycles. The number of halogens is 3. The van der Waals surface area contributed by atoms with Gasteiger partial charge in [0.25, 0.3) is 5.56 Å². The van der Waals surface area contributed by atoms with E-state index in [-0.39, 0.29) is 17.1 Å². The lowest BCUT2D eigenvalue weighted by atomic mass is 10.1. The van der Waals surface area contributed by atoms with Gasteiger partial charge in [0.2, 0.25) is 0 Å². The summed E-state index contributed by atoms with van der Waals surface area (Å²) in [5.74, 6) is -0.594. The molecule has 7 heteroatoms. The molecule has 0 saturated heterocycles. The van der Waals surface area contributed by atoms with Gasteiger partial charge in [-0.25, -0.2) is 13.5 Å². The summed E-state index contributed by atoms with van der Waals surface area (Å²) in [6, 6.07) is 10.9. The fraction of sp³-hybridized carbons (Fsp3) is 0.111. The van der Waals surface area contributed by atoms with Crippen LogP contribution >= 0.6 is 11.6 Å². The van der Waals surface area contributed by atoms with Gasteiger partial charge in [-0.1, -0.05) is 17.7 Å². The standard InChI is InChI=1S/C18H13ClF2N2O2/c1-25-17-9-13(21)4-5-14(17)16-6-7-18(24)23(22-16)10-11-2-3-12(20)8-15(11)19/h2-9H,10H2,1H3. The van der Waals surface area contributed by atoms with E-state index in [1.165, 1.54) is 60.3 Å². The van der Waals surface area contributed by atoms with Crippen LogP contribution in [0.3, 0.4) is 0 Å². The molecule has 0 saturated carbocycles. The van der Waals surface area contributed by atoms with Crippen molar-refractivity contribution < 1.29 is 13.5 Å². The fourth-order valence-corrected chi connectivity index (χ4v) is 2.62. The summed E-state index contributed by atoms with van der Waals surface area (Å²) >= 11 is 6.01. The Morgan fingerprint density at radius 1 is 1.08 bits per heavy atom. The van der Waals surface area contributed by atoms with E-state index in [2.05, 4.69) is 5.10 Å². The molecule has 0 bridgehead atoms. The second kappa shape index (κ2) is 7.03. The predicted molar refractivity (Wildman–Crippen MR) is 91.0 cm³/mol. The number of benzene rings is 2. The van der Waals surface area contributed by atoms with Crippen molar-refractivity contribution in [1.29, 1.82) is 0 Å². The van der Waals surface area contributed by atoms with Crippen molar-refractivity contribution in [3.63, 3.8) is 0 Å². The molecule has 0 radical (unpaired) electrons. The van der Waals surface area contributed by atoms with E-state index in [1.807, 2.05) is 0 Å². The average molecular weight is 363 g/mol. The van der Waals surface area contributed by atoms with Crippen LogP contribution in [0.15, 0.2) is 53.3 Å². The number of aromatic nitrogens is 2. The Bertz CT molecular complexity index is 989. The Morgan fingerprint density at radius 3 is 2.52 bits per heavy atom. The molecule has 0 N–H and O–H groups in total. The zero-order valence-corrected chi connectivity index (χ0v) is 13.9. The minimum absolute atomic E-state index is 0.0787. The van der Waals surface area contributed by atoms with Crippen LogP contribution in [-0.4, -0.2) is 16.9 Å². The molecule has 4 nitrogen and oxygen atoms in total. The molecule has 0 aliphatic heterocycles. The number of ether oxygens (including phenoxy) is 1. The first-order chi connectivity index (χ1) is 12.0. The number of hydrogen-bond donors (Lipinski definition) is 0. The van der Waals surface area contributed by atoms with Gasteiger partial charge in [0, 0.05) is 22.7 Å². The lowest BCUT2D eigenvalue weighted by molar-refractivity contribution is 0.412. The monoisotopic (exact) mass is 362 g/mol. The average Bonchev–Trinajstić information content (AvgIpc) is 2.59. The highest BCUT2D eigenvalue weighted by atomic mass is 35.5. The van der Waals surface area contributed by atoms with Crippen molar-refractivity contribution in [3.05, 3.63) is 81.1 Å². The topological polar surface area (TPSA) is 44.1 Å². The van der Waals surface area contributed by atoms with Crippen LogP contribution in [0.1, 0.15) is 5.56 Å². The molecule has 128 valence electrons. The summed E-state index contributed by atoms with van der Waals surface area (Å²) in [4.78, 5) is 12.1. The van der Waals surface area contributed by atoms with E-state index in [0.29, 0.717) is 22.6 Å². The molecule has 0 spiro atoms. The van der Waals surface area contributed by atoms with Crippen molar-refractivity contribution >= 4 is 11.6 Å². The van der Waals surface area contributed by atoms with Crippen LogP contribution in [-0.2, 0) is 6.54 Å². The Labute approximate surface area is 147 Å². The van der Waals surface area contributed by atoms with Gasteiger partial charge >= 0.3 is 0 Å². The molecule has 25 heavy (non-hydrogen) atoms. The Kier molecular flexibility index (Phi) is 4.81. The van der Waals surface area contributed by atoms with Gasteiger partial charge < -0.3 is 4.74 Å². The van der Waals surface area contributed by atoms with Gasteiger partial charge in [-0.05, 0) is 35.9 Å². The van der Waals surface area contributed by atoms with Crippen molar-refractivity contribution in [2.24, 2.45) is 0 Å². The second-order valence-corrected chi connectivity index (χ2v) is 5.70. The van der Waals surface area contributed by atoms with Crippen LogP contribution < -0.4 is 10.3 Å². The highest BCUT2D eigenvalue weighted by Crippen LogP contribution is 2.28. The van der Waals surface area contributed by atoms with Crippen molar-refractivity contribution in [2.45, 2.75) is 6.54 Å². The minimum atomic E-state index is -0.459. The van der Waals surface area contributed by atoms with E-state index in [9.17, 15) is 13.6 Å². The summed E-state index contributed by atoms with van der Waals surface area (Å²) in [6.45, 7) is 0.0787. The third kappa shape index (κ3) is 3.69. The number of rotatable bonds is 4. The fourth-order valence-electron chi connectivity index (χ4n) is 2.39. The largest absolute Gasteiger partial charge is 0.496 e. The van der Waals surface area contributed by atoms with Gasteiger partial charge in [-0.2, -0.15) is 5.10 Å². The Balaban J connectivity index is 2.03. The van der Waals surface area contributed by atoms with E-state index in [1.54, 1.807) is 0 Å². The number of nitrogens with zero attached hydrogens (tertiary/aromatic N) is 2. The Morgan fingerprint density at radius 2 is 1.80 bits per heavy atom. The maximum Gasteiger partial charge on any atom is 0.267 e. The Hall–Kier alpha value is -2.73. The zero-order valence-electron chi connectivity index (χ0n) is 13.2. The third-order valence-corrected chi connectivity index (χ3v) is 3.99. The maximum absolute atomic E-state index is 13.4. The van der Waals surface area contributed by atoms with E-state index in [4.69, 9.17) is 16.3 Å². The first kappa shape index (κ1) is 17.1. The molecule has 0 unspecified atom stereocenters.